The van der Waals surface area contributed by atoms with E-state index in [-0.39, 0.29) is 11.5 Å². The molecule has 1 N–H and O–H groups in total. The van der Waals surface area contributed by atoms with E-state index in [1.54, 1.807) is 17.0 Å². The largest absolute Gasteiger partial charge is 0.489 e. The van der Waals surface area contributed by atoms with Gasteiger partial charge in [-0.2, -0.15) is 0 Å². The van der Waals surface area contributed by atoms with Gasteiger partial charge in [0.25, 0.3) is 5.91 Å². The van der Waals surface area contributed by atoms with Gasteiger partial charge in [0.1, 0.15) is 12.4 Å². The normalized spacial score (nSPS) is 15.9. The summed E-state index contributed by atoms with van der Waals surface area (Å²) >= 11 is 1.30. The van der Waals surface area contributed by atoms with Crippen molar-refractivity contribution in [3.63, 3.8) is 0 Å². The number of thioether (sulfide) groups is 1. The predicted molar refractivity (Wildman–Crippen MR) is 131 cm³/mol. The number of carboxylic acid groups (broad SMARTS) is 1. The number of ether oxygens (including phenoxy) is 1. The van der Waals surface area contributed by atoms with Crippen molar-refractivity contribution in [1.29, 1.82) is 0 Å². The number of carbonyl (C=O) groups excluding carboxylic acids is 1. The second-order valence-electron chi connectivity index (χ2n) is 7.25. The Balaban J connectivity index is 1.47. The number of amidine groups is 1. The van der Waals surface area contributed by atoms with Crippen LogP contribution in [0.4, 0.5) is 5.69 Å². The van der Waals surface area contributed by atoms with Crippen LogP contribution in [0.5, 0.6) is 5.75 Å². The highest BCUT2D eigenvalue weighted by molar-refractivity contribution is 8.18. The topological polar surface area (TPSA) is 79.2 Å². The molecule has 33 heavy (non-hydrogen) atoms. The summed E-state index contributed by atoms with van der Waals surface area (Å²) < 4.78 is 5.82. The first-order valence-corrected chi connectivity index (χ1v) is 11.3. The molecule has 0 radical (unpaired) electrons. The van der Waals surface area contributed by atoms with Crippen LogP contribution < -0.4 is 4.74 Å². The number of benzene rings is 3. The minimum atomic E-state index is -0.989. The van der Waals surface area contributed by atoms with Crippen LogP contribution in [0.3, 0.4) is 0 Å². The van der Waals surface area contributed by atoms with Gasteiger partial charge in [-0.15, -0.1) is 0 Å². The second-order valence-corrected chi connectivity index (χ2v) is 8.26. The standard InChI is InChI=1S/C26H22N2O4S/c1-2-28-24(29)23(33-26(28)27-21-12-10-20(11-13-21)25(30)31)16-18-8-14-22(15-9-18)32-17-19-6-4-3-5-7-19/h3-16H,2,17H2,1H3,(H,30,31)/b23-16-,27-26?. The van der Waals surface area contributed by atoms with E-state index in [1.807, 2.05) is 67.6 Å². The zero-order valence-corrected chi connectivity index (χ0v) is 18.8. The van der Waals surface area contributed by atoms with Crippen molar-refractivity contribution >= 4 is 40.6 Å². The summed E-state index contributed by atoms with van der Waals surface area (Å²) in [5.41, 5.74) is 2.77. The molecule has 1 saturated heterocycles. The quantitative estimate of drug-likeness (QED) is 0.467. The van der Waals surface area contributed by atoms with Crippen molar-refractivity contribution in [1.82, 2.24) is 4.90 Å². The Morgan fingerprint density at radius 2 is 1.73 bits per heavy atom. The minimum absolute atomic E-state index is 0.104. The molecule has 0 aromatic heterocycles. The third-order valence-corrected chi connectivity index (χ3v) is 5.98. The van der Waals surface area contributed by atoms with Crippen LogP contribution in [0.1, 0.15) is 28.4 Å². The highest BCUT2D eigenvalue weighted by Crippen LogP contribution is 2.34. The molecule has 3 aromatic rings. The van der Waals surface area contributed by atoms with Gasteiger partial charge in [-0.3, -0.25) is 9.69 Å². The number of amides is 1. The Labute approximate surface area is 196 Å². The van der Waals surface area contributed by atoms with Gasteiger partial charge in [0.15, 0.2) is 5.17 Å². The molecule has 1 fully saturated rings. The zero-order chi connectivity index (χ0) is 23.2. The highest BCUT2D eigenvalue weighted by Gasteiger charge is 2.32. The van der Waals surface area contributed by atoms with E-state index >= 15 is 0 Å². The predicted octanol–water partition coefficient (Wildman–Crippen LogP) is 5.59. The number of aromatic carboxylic acids is 1. The second kappa shape index (κ2) is 10.2. The van der Waals surface area contributed by atoms with Crippen molar-refractivity contribution in [2.24, 2.45) is 4.99 Å². The Kier molecular flexibility index (Phi) is 6.90. The van der Waals surface area contributed by atoms with Gasteiger partial charge in [-0.25, -0.2) is 9.79 Å². The SMILES string of the molecule is CCN1C(=O)/C(=C/c2ccc(OCc3ccccc3)cc2)SC1=Nc1ccc(C(=O)O)cc1. The van der Waals surface area contributed by atoms with Crippen LogP contribution >= 0.6 is 11.8 Å². The van der Waals surface area contributed by atoms with Crippen LogP contribution in [0.15, 0.2) is 88.8 Å². The summed E-state index contributed by atoms with van der Waals surface area (Å²) in [5.74, 6) is -0.335. The summed E-state index contributed by atoms with van der Waals surface area (Å²) in [4.78, 5) is 30.6. The summed E-state index contributed by atoms with van der Waals surface area (Å²) in [6, 6.07) is 23.8. The molecular formula is C26H22N2O4S. The van der Waals surface area contributed by atoms with E-state index in [0.29, 0.717) is 28.9 Å². The van der Waals surface area contributed by atoms with Gasteiger partial charge in [-0.05, 0) is 72.3 Å². The maximum absolute atomic E-state index is 12.9. The summed E-state index contributed by atoms with van der Waals surface area (Å²) in [6.45, 7) is 2.87. The molecule has 1 heterocycles. The Morgan fingerprint density at radius 1 is 1.03 bits per heavy atom. The molecular weight excluding hydrogens is 436 g/mol. The lowest BCUT2D eigenvalue weighted by Gasteiger charge is -2.12. The van der Waals surface area contributed by atoms with Gasteiger partial charge in [-0.1, -0.05) is 42.5 Å². The number of carbonyl (C=O) groups is 2. The van der Waals surface area contributed by atoms with Gasteiger partial charge >= 0.3 is 5.97 Å². The summed E-state index contributed by atoms with van der Waals surface area (Å²) in [5, 5.41) is 9.61. The van der Waals surface area contributed by atoms with Crippen LogP contribution in [0.25, 0.3) is 6.08 Å². The Morgan fingerprint density at radius 3 is 2.36 bits per heavy atom. The lowest BCUT2D eigenvalue weighted by atomic mass is 10.2. The molecule has 3 aromatic carbocycles. The van der Waals surface area contributed by atoms with Crippen molar-refractivity contribution in [2.45, 2.75) is 13.5 Å². The maximum atomic E-state index is 12.9. The molecule has 0 spiro atoms. The van der Waals surface area contributed by atoms with Crippen LogP contribution in [0.2, 0.25) is 0 Å². The van der Waals surface area contributed by atoms with Crippen LogP contribution in [-0.2, 0) is 11.4 Å². The number of rotatable bonds is 7. The van der Waals surface area contributed by atoms with E-state index < -0.39 is 5.97 Å². The smallest absolute Gasteiger partial charge is 0.335 e. The molecule has 166 valence electrons. The number of nitrogens with zero attached hydrogens (tertiary/aromatic N) is 2. The number of carboxylic acids is 1. The monoisotopic (exact) mass is 458 g/mol. The Hall–Kier alpha value is -3.84. The fourth-order valence-electron chi connectivity index (χ4n) is 3.21. The fourth-order valence-corrected chi connectivity index (χ4v) is 4.27. The minimum Gasteiger partial charge on any atom is -0.489 e. The zero-order valence-electron chi connectivity index (χ0n) is 18.0. The number of likely N-dealkylation sites (N-methyl/N-ethyl adjacent to an activating group) is 1. The average molecular weight is 459 g/mol. The van der Waals surface area contributed by atoms with Gasteiger partial charge in [0.05, 0.1) is 16.2 Å². The average Bonchev–Trinajstić information content (AvgIpc) is 3.13. The fraction of sp³-hybridized carbons (Fsp3) is 0.115. The van der Waals surface area contributed by atoms with Crippen molar-refractivity contribution in [3.8, 4) is 5.75 Å². The maximum Gasteiger partial charge on any atom is 0.335 e. The highest BCUT2D eigenvalue weighted by atomic mass is 32.2. The lowest BCUT2D eigenvalue weighted by Crippen LogP contribution is -2.28. The number of aliphatic imine (C=N–C) groups is 1. The van der Waals surface area contributed by atoms with Gasteiger partial charge in [0, 0.05) is 6.54 Å². The van der Waals surface area contributed by atoms with Crippen LogP contribution in [-0.4, -0.2) is 33.6 Å². The van der Waals surface area contributed by atoms with E-state index in [2.05, 4.69) is 4.99 Å². The van der Waals surface area contributed by atoms with E-state index in [9.17, 15) is 9.59 Å². The molecule has 1 aliphatic heterocycles. The molecule has 0 saturated carbocycles. The summed E-state index contributed by atoms with van der Waals surface area (Å²) in [6.07, 6.45) is 1.84. The molecule has 0 aliphatic carbocycles. The van der Waals surface area contributed by atoms with Crippen molar-refractivity contribution in [2.75, 3.05) is 6.54 Å². The molecule has 1 aliphatic rings. The van der Waals surface area contributed by atoms with E-state index in [0.717, 1.165) is 16.9 Å². The van der Waals surface area contributed by atoms with E-state index in [4.69, 9.17) is 9.84 Å². The first-order chi connectivity index (χ1) is 16.0. The third-order valence-electron chi connectivity index (χ3n) is 4.97. The number of hydrogen-bond donors (Lipinski definition) is 1. The first kappa shape index (κ1) is 22.4. The molecule has 4 rings (SSSR count). The first-order valence-electron chi connectivity index (χ1n) is 10.4. The van der Waals surface area contributed by atoms with Crippen LogP contribution in [0, 0.1) is 0 Å². The van der Waals surface area contributed by atoms with Gasteiger partial charge in [0.2, 0.25) is 0 Å². The third kappa shape index (κ3) is 5.51. The molecule has 0 unspecified atom stereocenters. The van der Waals surface area contributed by atoms with Gasteiger partial charge < -0.3 is 9.84 Å². The van der Waals surface area contributed by atoms with Crippen molar-refractivity contribution < 1.29 is 19.4 Å². The lowest BCUT2D eigenvalue weighted by molar-refractivity contribution is -0.122. The molecule has 0 bridgehead atoms. The molecule has 1 amide bonds. The Bertz CT molecular complexity index is 1200. The van der Waals surface area contributed by atoms with Crippen molar-refractivity contribution in [3.05, 3.63) is 100 Å². The summed E-state index contributed by atoms with van der Waals surface area (Å²) in [7, 11) is 0. The van der Waals surface area contributed by atoms with E-state index in [1.165, 1.54) is 23.9 Å². The molecule has 6 nitrogen and oxygen atoms in total. The molecule has 0 atom stereocenters. The number of hydrogen-bond acceptors (Lipinski definition) is 5. The molecule has 7 heteroatoms.